The molecular weight excluding hydrogens is 162 g/mol. The zero-order valence-electron chi connectivity index (χ0n) is 7.88. The molecule has 0 bridgehead atoms. The van der Waals surface area contributed by atoms with Crippen molar-refractivity contribution in [3.05, 3.63) is 34.9 Å². The van der Waals surface area contributed by atoms with Crippen LogP contribution in [-0.4, -0.2) is 11.7 Å². The van der Waals surface area contributed by atoms with E-state index >= 15 is 0 Å². The SMILES string of the molecule is C[C@H](O)c1cccc2c1CNCC2. The van der Waals surface area contributed by atoms with E-state index in [1.807, 2.05) is 19.1 Å². The van der Waals surface area contributed by atoms with Crippen LogP contribution in [0.2, 0.25) is 0 Å². The summed E-state index contributed by atoms with van der Waals surface area (Å²) in [4.78, 5) is 0. The fourth-order valence-corrected chi connectivity index (χ4v) is 1.93. The van der Waals surface area contributed by atoms with E-state index in [0.29, 0.717) is 0 Å². The zero-order chi connectivity index (χ0) is 9.26. The van der Waals surface area contributed by atoms with Crippen molar-refractivity contribution < 1.29 is 5.11 Å². The highest BCUT2D eigenvalue weighted by molar-refractivity contribution is 5.37. The van der Waals surface area contributed by atoms with Crippen LogP contribution in [0.5, 0.6) is 0 Å². The predicted molar refractivity (Wildman–Crippen MR) is 52.5 cm³/mol. The number of aliphatic hydroxyl groups is 1. The Balaban J connectivity index is 2.46. The highest BCUT2D eigenvalue weighted by atomic mass is 16.3. The minimum Gasteiger partial charge on any atom is -0.389 e. The van der Waals surface area contributed by atoms with Crippen molar-refractivity contribution >= 4 is 0 Å². The van der Waals surface area contributed by atoms with Crippen LogP contribution >= 0.6 is 0 Å². The van der Waals surface area contributed by atoms with Crippen LogP contribution < -0.4 is 5.32 Å². The second kappa shape index (κ2) is 3.48. The molecule has 1 aromatic rings. The second-order valence-corrected chi connectivity index (χ2v) is 3.59. The molecule has 2 nitrogen and oxygen atoms in total. The predicted octanol–water partition coefficient (Wildman–Crippen LogP) is 1.39. The first kappa shape index (κ1) is 8.73. The van der Waals surface area contributed by atoms with Gasteiger partial charge in [0.2, 0.25) is 0 Å². The van der Waals surface area contributed by atoms with Gasteiger partial charge in [-0.05, 0) is 36.6 Å². The van der Waals surface area contributed by atoms with E-state index in [-0.39, 0.29) is 6.10 Å². The number of aliphatic hydroxyl groups excluding tert-OH is 1. The molecule has 13 heavy (non-hydrogen) atoms. The quantitative estimate of drug-likeness (QED) is 0.679. The van der Waals surface area contributed by atoms with Gasteiger partial charge in [-0.25, -0.2) is 0 Å². The first-order valence-corrected chi connectivity index (χ1v) is 4.78. The first-order chi connectivity index (χ1) is 6.29. The van der Waals surface area contributed by atoms with Crippen molar-refractivity contribution in [2.24, 2.45) is 0 Å². The normalized spacial score (nSPS) is 18.0. The summed E-state index contributed by atoms with van der Waals surface area (Å²) in [6.45, 7) is 3.77. The molecule has 1 atom stereocenters. The van der Waals surface area contributed by atoms with E-state index in [1.54, 1.807) is 0 Å². The van der Waals surface area contributed by atoms with Crippen molar-refractivity contribution in [1.29, 1.82) is 0 Å². The molecule has 1 aliphatic rings. The molecule has 0 saturated carbocycles. The molecular formula is C11H15NO. The Morgan fingerprint density at radius 1 is 1.46 bits per heavy atom. The summed E-state index contributed by atoms with van der Waals surface area (Å²) in [7, 11) is 0. The Hall–Kier alpha value is -0.860. The Kier molecular flexibility index (Phi) is 2.34. The van der Waals surface area contributed by atoms with Crippen molar-refractivity contribution in [1.82, 2.24) is 5.32 Å². The lowest BCUT2D eigenvalue weighted by Crippen LogP contribution is -2.25. The minimum absolute atomic E-state index is 0.352. The molecule has 1 heterocycles. The Morgan fingerprint density at radius 3 is 3.08 bits per heavy atom. The number of hydrogen-bond donors (Lipinski definition) is 2. The van der Waals surface area contributed by atoms with Crippen LogP contribution in [0, 0.1) is 0 Å². The van der Waals surface area contributed by atoms with Gasteiger partial charge in [0.25, 0.3) is 0 Å². The first-order valence-electron chi connectivity index (χ1n) is 4.78. The third-order valence-corrected chi connectivity index (χ3v) is 2.63. The lowest BCUT2D eigenvalue weighted by atomic mass is 9.94. The minimum atomic E-state index is -0.352. The van der Waals surface area contributed by atoms with E-state index in [1.165, 1.54) is 11.1 Å². The number of hydrogen-bond acceptors (Lipinski definition) is 2. The molecule has 0 spiro atoms. The summed E-state index contributed by atoms with van der Waals surface area (Å²) in [6, 6.07) is 6.20. The van der Waals surface area contributed by atoms with Crippen molar-refractivity contribution in [3.8, 4) is 0 Å². The van der Waals surface area contributed by atoms with E-state index in [4.69, 9.17) is 0 Å². The van der Waals surface area contributed by atoms with Gasteiger partial charge in [0.05, 0.1) is 6.10 Å². The summed E-state index contributed by atoms with van der Waals surface area (Å²) in [5.74, 6) is 0. The maximum absolute atomic E-state index is 9.55. The molecule has 0 saturated heterocycles. The van der Waals surface area contributed by atoms with Gasteiger partial charge in [-0.1, -0.05) is 18.2 Å². The molecule has 70 valence electrons. The van der Waals surface area contributed by atoms with Crippen LogP contribution in [0.4, 0.5) is 0 Å². The summed E-state index contributed by atoms with van der Waals surface area (Å²) >= 11 is 0. The highest BCUT2D eigenvalue weighted by Gasteiger charge is 2.14. The van der Waals surface area contributed by atoms with Crippen LogP contribution in [0.3, 0.4) is 0 Å². The van der Waals surface area contributed by atoms with Gasteiger partial charge in [-0.2, -0.15) is 0 Å². The molecule has 0 fully saturated rings. The van der Waals surface area contributed by atoms with E-state index in [2.05, 4.69) is 11.4 Å². The number of nitrogens with one attached hydrogen (secondary N) is 1. The van der Waals surface area contributed by atoms with Crippen molar-refractivity contribution in [3.63, 3.8) is 0 Å². The highest BCUT2D eigenvalue weighted by Crippen LogP contribution is 2.23. The summed E-state index contributed by atoms with van der Waals surface area (Å²) in [5, 5.41) is 12.9. The molecule has 1 aliphatic heterocycles. The van der Waals surface area contributed by atoms with Crippen LogP contribution in [-0.2, 0) is 13.0 Å². The van der Waals surface area contributed by atoms with Crippen molar-refractivity contribution in [2.45, 2.75) is 26.0 Å². The molecule has 0 aliphatic carbocycles. The van der Waals surface area contributed by atoms with E-state index in [0.717, 1.165) is 25.1 Å². The van der Waals surface area contributed by atoms with Gasteiger partial charge < -0.3 is 10.4 Å². The van der Waals surface area contributed by atoms with Crippen LogP contribution in [0.15, 0.2) is 18.2 Å². The topological polar surface area (TPSA) is 32.3 Å². The molecule has 1 aromatic carbocycles. The number of benzene rings is 1. The number of fused-ring (bicyclic) bond motifs is 1. The van der Waals surface area contributed by atoms with Crippen LogP contribution in [0.25, 0.3) is 0 Å². The Bertz CT molecular complexity index is 307. The largest absolute Gasteiger partial charge is 0.389 e. The van der Waals surface area contributed by atoms with Gasteiger partial charge >= 0.3 is 0 Å². The van der Waals surface area contributed by atoms with Gasteiger partial charge in [0, 0.05) is 6.54 Å². The average molecular weight is 177 g/mol. The van der Waals surface area contributed by atoms with E-state index < -0.39 is 0 Å². The maximum atomic E-state index is 9.55. The molecule has 2 N–H and O–H groups in total. The number of rotatable bonds is 1. The van der Waals surface area contributed by atoms with E-state index in [9.17, 15) is 5.11 Å². The molecule has 0 radical (unpaired) electrons. The fourth-order valence-electron chi connectivity index (χ4n) is 1.93. The average Bonchev–Trinajstić information content (AvgIpc) is 2.17. The second-order valence-electron chi connectivity index (χ2n) is 3.59. The van der Waals surface area contributed by atoms with Crippen LogP contribution in [0.1, 0.15) is 29.7 Å². The van der Waals surface area contributed by atoms with Crippen molar-refractivity contribution in [2.75, 3.05) is 6.54 Å². The fraction of sp³-hybridized carbons (Fsp3) is 0.455. The third kappa shape index (κ3) is 1.60. The molecule has 0 unspecified atom stereocenters. The molecule has 0 amide bonds. The van der Waals surface area contributed by atoms with Gasteiger partial charge in [0.1, 0.15) is 0 Å². The monoisotopic (exact) mass is 177 g/mol. The lowest BCUT2D eigenvalue weighted by Gasteiger charge is -2.21. The Labute approximate surface area is 78.6 Å². The maximum Gasteiger partial charge on any atom is 0.0765 e. The summed E-state index contributed by atoms with van der Waals surface area (Å²) < 4.78 is 0. The van der Waals surface area contributed by atoms with Gasteiger partial charge in [0.15, 0.2) is 0 Å². The summed E-state index contributed by atoms with van der Waals surface area (Å²) in [5.41, 5.74) is 3.76. The third-order valence-electron chi connectivity index (χ3n) is 2.63. The molecule has 2 rings (SSSR count). The zero-order valence-corrected chi connectivity index (χ0v) is 7.88. The summed E-state index contributed by atoms with van der Waals surface area (Å²) in [6.07, 6.45) is 0.727. The molecule has 0 aromatic heterocycles. The lowest BCUT2D eigenvalue weighted by molar-refractivity contribution is 0.197. The molecule has 2 heteroatoms. The smallest absolute Gasteiger partial charge is 0.0765 e. The Morgan fingerprint density at radius 2 is 2.31 bits per heavy atom. The standard InChI is InChI=1S/C11H15NO/c1-8(13)10-4-2-3-9-5-6-12-7-11(9)10/h2-4,8,12-13H,5-7H2,1H3/t8-/m0/s1. The van der Waals surface area contributed by atoms with Gasteiger partial charge in [-0.3, -0.25) is 0 Å². The van der Waals surface area contributed by atoms with Gasteiger partial charge in [-0.15, -0.1) is 0 Å².